The van der Waals surface area contributed by atoms with Gasteiger partial charge in [0, 0.05) is 32.1 Å². The van der Waals surface area contributed by atoms with E-state index < -0.39 is 10.0 Å². The second-order valence-corrected chi connectivity index (χ2v) is 6.43. The molecule has 0 spiro atoms. The van der Waals surface area contributed by atoms with E-state index in [9.17, 15) is 13.2 Å². The summed E-state index contributed by atoms with van der Waals surface area (Å²) in [5, 5.41) is 2.65. The quantitative estimate of drug-likeness (QED) is 0.859. The molecule has 1 saturated heterocycles. The SMILES string of the molecule is COc1ccc(OC)c(S(=O)(=O)N2CCNC(=O)CC2)c1. The topological polar surface area (TPSA) is 84.9 Å². The molecule has 1 fully saturated rings. The van der Waals surface area contributed by atoms with Crippen molar-refractivity contribution in [2.24, 2.45) is 0 Å². The highest BCUT2D eigenvalue weighted by Gasteiger charge is 2.29. The number of carbonyl (C=O) groups excluding carboxylic acids is 1. The van der Waals surface area contributed by atoms with Crippen molar-refractivity contribution in [3.63, 3.8) is 0 Å². The lowest BCUT2D eigenvalue weighted by Gasteiger charge is -2.21. The Morgan fingerprint density at radius 1 is 1.19 bits per heavy atom. The van der Waals surface area contributed by atoms with Crippen LogP contribution < -0.4 is 14.8 Å². The molecular weight excluding hydrogens is 296 g/mol. The second-order valence-electron chi connectivity index (χ2n) is 4.52. The first-order chi connectivity index (χ1) is 9.98. The van der Waals surface area contributed by atoms with Gasteiger partial charge in [0.1, 0.15) is 16.4 Å². The third-order valence-corrected chi connectivity index (χ3v) is 5.18. The summed E-state index contributed by atoms with van der Waals surface area (Å²) in [6.07, 6.45) is 0.144. The lowest BCUT2D eigenvalue weighted by molar-refractivity contribution is -0.120. The van der Waals surface area contributed by atoms with E-state index in [-0.39, 0.29) is 36.1 Å². The lowest BCUT2D eigenvalue weighted by Crippen LogP contribution is -2.34. The van der Waals surface area contributed by atoms with E-state index in [1.165, 1.54) is 24.6 Å². The summed E-state index contributed by atoms with van der Waals surface area (Å²) in [4.78, 5) is 11.4. The summed E-state index contributed by atoms with van der Waals surface area (Å²) in [6.45, 7) is 0.674. The van der Waals surface area contributed by atoms with E-state index >= 15 is 0 Å². The summed E-state index contributed by atoms with van der Waals surface area (Å²) in [7, 11) is -0.872. The summed E-state index contributed by atoms with van der Waals surface area (Å²) in [6, 6.07) is 4.60. The van der Waals surface area contributed by atoms with Crippen LogP contribution in [-0.4, -0.2) is 52.5 Å². The number of nitrogens with one attached hydrogen (secondary N) is 1. The molecule has 1 aliphatic heterocycles. The molecule has 2 rings (SSSR count). The van der Waals surface area contributed by atoms with Crippen molar-refractivity contribution in [2.45, 2.75) is 11.3 Å². The molecule has 21 heavy (non-hydrogen) atoms. The molecule has 0 radical (unpaired) electrons. The molecular formula is C13H18N2O5S. The molecule has 1 aromatic carbocycles. The van der Waals surface area contributed by atoms with Gasteiger partial charge in [-0.25, -0.2) is 8.42 Å². The van der Waals surface area contributed by atoms with Crippen LogP contribution in [0.2, 0.25) is 0 Å². The van der Waals surface area contributed by atoms with E-state index in [0.29, 0.717) is 12.3 Å². The monoisotopic (exact) mass is 314 g/mol. The zero-order valence-electron chi connectivity index (χ0n) is 12.0. The molecule has 0 aliphatic carbocycles. The number of hydrogen-bond acceptors (Lipinski definition) is 5. The van der Waals surface area contributed by atoms with Crippen molar-refractivity contribution < 1.29 is 22.7 Å². The minimum atomic E-state index is -3.75. The van der Waals surface area contributed by atoms with Gasteiger partial charge in [-0.15, -0.1) is 0 Å². The van der Waals surface area contributed by atoms with Gasteiger partial charge >= 0.3 is 0 Å². The third-order valence-electron chi connectivity index (χ3n) is 3.26. The van der Waals surface area contributed by atoms with Gasteiger partial charge in [-0.05, 0) is 12.1 Å². The van der Waals surface area contributed by atoms with Crippen LogP contribution in [0.25, 0.3) is 0 Å². The van der Waals surface area contributed by atoms with Crippen LogP contribution in [0.4, 0.5) is 0 Å². The second kappa shape index (κ2) is 6.31. The largest absolute Gasteiger partial charge is 0.497 e. The fraction of sp³-hybridized carbons (Fsp3) is 0.462. The van der Waals surface area contributed by atoms with E-state index in [2.05, 4.69) is 5.32 Å². The first-order valence-electron chi connectivity index (χ1n) is 6.48. The van der Waals surface area contributed by atoms with E-state index in [1.54, 1.807) is 12.1 Å². The maximum absolute atomic E-state index is 12.7. The van der Waals surface area contributed by atoms with Crippen LogP contribution in [0.5, 0.6) is 11.5 Å². The molecule has 1 aliphatic rings. The van der Waals surface area contributed by atoms with Crippen molar-refractivity contribution in [2.75, 3.05) is 33.9 Å². The molecule has 8 heteroatoms. The van der Waals surface area contributed by atoms with Gasteiger partial charge < -0.3 is 14.8 Å². The number of benzene rings is 1. The summed E-state index contributed by atoms with van der Waals surface area (Å²) < 4.78 is 37.0. The molecule has 7 nitrogen and oxygen atoms in total. The van der Waals surface area contributed by atoms with Gasteiger partial charge in [0.25, 0.3) is 0 Å². The van der Waals surface area contributed by atoms with Crippen LogP contribution >= 0.6 is 0 Å². The van der Waals surface area contributed by atoms with Crippen molar-refractivity contribution in [3.8, 4) is 11.5 Å². The normalized spacial score (nSPS) is 17.0. The Kier molecular flexibility index (Phi) is 4.69. The number of carbonyl (C=O) groups is 1. The van der Waals surface area contributed by atoms with Gasteiger partial charge in [-0.3, -0.25) is 4.79 Å². The minimum absolute atomic E-state index is 0.0405. The van der Waals surface area contributed by atoms with Crippen LogP contribution in [0.1, 0.15) is 6.42 Å². The molecule has 1 amide bonds. The first-order valence-corrected chi connectivity index (χ1v) is 7.92. The van der Waals surface area contributed by atoms with E-state index in [1.807, 2.05) is 0 Å². The highest BCUT2D eigenvalue weighted by Crippen LogP contribution is 2.30. The maximum Gasteiger partial charge on any atom is 0.246 e. The van der Waals surface area contributed by atoms with Gasteiger partial charge in [-0.2, -0.15) is 4.31 Å². The van der Waals surface area contributed by atoms with Crippen LogP contribution in [0, 0.1) is 0 Å². The van der Waals surface area contributed by atoms with E-state index in [4.69, 9.17) is 9.47 Å². The Balaban J connectivity index is 2.40. The third kappa shape index (κ3) is 3.27. The number of ether oxygens (including phenoxy) is 2. The smallest absolute Gasteiger partial charge is 0.246 e. The Bertz CT molecular complexity index is 629. The number of nitrogens with zero attached hydrogens (tertiary/aromatic N) is 1. The van der Waals surface area contributed by atoms with E-state index in [0.717, 1.165) is 0 Å². The fourth-order valence-corrected chi connectivity index (χ4v) is 3.72. The zero-order valence-corrected chi connectivity index (χ0v) is 12.8. The number of methoxy groups -OCH3 is 2. The number of rotatable bonds is 4. The van der Waals surface area contributed by atoms with Crippen LogP contribution in [0.3, 0.4) is 0 Å². The number of sulfonamides is 1. The van der Waals surface area contributed by atoms with Crippen molar-refractivity contribution in [3.05, 3.63) is 18.2 Å². The Morgan fingerprint density at radius 3 is 2.62 bits per heavy atom. The standard InChI is InChI=1S/C13H18N2O5S/c1-19-10-3-4-11(20-2)12(9-10)21(17,18)15-7-5-13(16)14-6-8-15/h3-4,9H,5-8H2,1-2H3,(H,14,16). The minimum Gasteiger partial charge on any atom is -0.497 e. The maximum atomic E-state index is 12.7. The van der Waals surface area contributed by atoms with Gasteiger partial charge in [0.2, 0.25) is 15.9 Å². The zero-order chi connectivity index (χ0) is 15.5. The molecule has 0 aromatic heterocycles. The van der Waals surface area contributed by atoms with Gasteiger partial charge in [0.05, 0.1) is 14.2 Å². The van der Waals surface area contributed by atoms with Crippen LogP contribution in [0.15, 0.2) is 23.1 Å². The average Bonchev–Trinajstić information content (AvgIpc) is 2.71. The number of amides is 1. The molecule has 0 saturated carbocycles. The Morgan fingerprint density at radius 2 is 1.95 bits per heavy atom. The Labute approximate surface area is 123 Å². The molecule has 1 aromatic rings. The fourth-order valence-electron chi connectivity index (χ4n) is 2.11. The molecule has 0 unspecified atom stereocenters. The number of hydrogen-bond donors (Lipinski definition) is 1. The average molecular weight is 314 g/mol. The van der Waals surface area contributed by atoms with Crippen molar-refractivity contribution in [1.82, 2.24) is 9.62 Å². The predicted molar refractivity (Wildman–Crippen MR) is 75.9 cm³/mol. The summed E-state index contributed by atoms with van der Waals surface area (Å²) in [5.41, 5.74) is 0. The molecule has 1 N–H and O–H groups in total. The predicted octanol–water partition coefficient (Wildman–Crippen LogP) is 0.214. The molecule has 0 bridgehead atoms. The van der Waals surface area contributed by atoms with Crippen molar-refractivity contribution in [1.29, 1.82) is 0 Å². The highest BCUT2D eigenvalue weighted by atomic mass is 32.2. The summed E-state index contributed by atoms with van der Waals surface area (Å²) >= 11 is 0. The van der Waals surface area contributed by atoms with Gasteiger partial charge in [0.15, 0.2) is 0 Å². The van der Waals surface area contributed by atoms with Crippen LogP contribution in [-0.2, 0) is 14.8 Å². The Hall–Kier alpha value is -1.80. The lowest BCUT2D eigenvalue weighted by atomic mass is 10.3. The molecule has 1 heterocycles. The van der Waals surface area contributed by atoms with Gasteiger partial charge in [-0.1, -0.05) is 0 Å². The molecule has 116 valence electrons. The first kappa shape index (κ1) is 15.6. The highest BCUT2D eigenvalue weighted by molar-refractivity contribution is 7.89. The van der Waals surface area contributed by atoms with Crippen molar-refractivity contribution >= 4 is 15.9 Å². The summed E-state index contributed by atoms with van der Waals surface area (Å²) in [5.74, 6) is 0.531. The molecule has 0 atom stereocenters.